The summed E-state index contributed by atoms with van der Waals surface area (Å²) in [5.41, 5.74) is 1.86. The lowest BCUT2D eigenvalue weighted by atomic mass is 9.99. The number of amides is 2. The van der Waals surface area contributed by atoms with E-state index in [1.165, 1.54) is 0 Å². The Morgan fingerprint density at radius 1 is 0.964 bits per heavy atom. The molecule has 2 aromatic carbocycles. The molecule has 0 unspecified atom stereocenters. The Morgan fingerprint density at radius 2 is 1.57 bits per heavy atom. The van der Waals surface area contributed by atoms with Crippen LogP contribution < -0.4 is 5.32 Å². The van der Waals surface area contributed by atoms with Crippen LogP contribution in [0.4, 0.5) is 0 Å². The van der Waals surface area contributed by atoms with Crippen LogP contribution in [-0.4, -0.2) is 29.8 Å². The normalized spacial score (nSPS) is 15.6. The first-order chi connectivity index (χ1) is 13.6. The molecule has 1 aliphatic heterocycles. The average molecular weight is 374 g/mol. The summed E-state index contributed by atoms with van der Waals surface area (Å²) in [5, 5.41) is 2.81. The Bertz CT molecular complexity index is 849. The minimum absolute atomic E-state index is 0.131. The fraction of sp³-hybridized carbons (Fsp3) is 0.250. The predicted octanol–water partition coefficient (Wildman–Crippen LogP) is 4.27. The standard InChI is InChI=1S/C24H26N2O2/c1-19-15-17-26(18-16-19)24(28)22(14-8-11-20-9-4-2-5-10-20)25-23(27)21-12-6-3-7-13-21/h2-14,19H,15-18H2,1H3,(H,25,27)/b11-8+,22-14-. The van der Waals surface area contributed by atoms with Crippen molar-refractivity contribution >= 4 is 17.9 Å². The third kappa shape index (κ3) is 5.43. The lowest BCUT2D eigenvalue weighted by Gasteiger charge is -2.31. The zero-order valence-corrected chi connectivity index (χ0v) is 16.2. The first-order valence-corrected chi connectivity index (χ1v) is 9.72. The van der Waals surface area contributed by atoms with E-state index in [2.05, 4.69) is 12.2 Å². The van der Waals surface area contributed by atoms with Gasteiger partial charge in [-0.05, 0) is 42.5 Å². The van der Waals surface area contributed by atoms with Crippen molar-refractivity contribution < 1.29 is 9.59 Å². The maximum Gasteiger partial charge on any atom is 0.270 e. The molecule has 3 rings (SSSR count). The van der Waals surface area contributed by atoms with Crippen molar-refractivity contribution in [2.24, 2.45) is 5.92 Å². The summed E-state index contributed by atoms with van der Waals surface area (Å²) in [6.45, 7) is 3.65. The minimum Gasteiger partial charge on any atom is -0.337 e. The molecule has 0 aromatic heterocycles. The first-order valence-electron chi connectivity index (χ1n) is 9.72. The highest BCUT2D eigenvalue weighted by atomic mass is 16.2. The zero-order valence-electron chi connectivity index (χ0n) is 16.2. The largest absolute Gasteiger partial charge is 0.337 e. The number of carbonyl (C=O) groups is 2. The van der Waals surface area contributed by atoms with E-state index in [0.29, 0.717) is 17.2 Å². The van der Waals surface area contributed by atoms with E-state index in [-0.39, 0.29) is 11.8 Å². The maximum absolute atomic E-state index is 13.0. The Balaban J connectivity index is 1.78. The molecule has 0 saturated carbocycles. The maximum atomic E-state index is 13.0. The van der Waals surface area contributed by atoms with Gasteiger partial charge in [-0.25, -0.2) is 0 Å². The number of piperidine rings is 1. The molecule has 1 saturated heterocycles. The molecule has 4 nitrogen and oxygen atoms in total. The molecule has 28 heavy (non-hydrogen) atoms. The van der Waals surface area contributed by atoms with Crippen LogP contribution in [-0.2, 0) is 4.79 Å². The molecule has 1 aliphatic rings. The number of hydrogen-bond donors (Lipinski definition) is 1. The third-order valence-corrected chi connectivity index (χ3v) is 4.94. The molecule has 1 heterocycles. The fourth-order valence-electron chi connectivity index (χ4n) is 3.15. The summed E-state index contributed by atoms with van der Waals surface area (Å²) in [7, 11) is 0. The Hall–Kier alpha value is -3.14. The van der Waals surface area contributed by atoms with Gasteiger partial charge in [0.05, 0.1) is 0 Å². The topological polar surface area (TPSA) is 49.4 Å². The van der Waals surface area contributed by atoms with Crippen molar-refractivity contribution in [1.29, 1.82) is 0 Å². The monoisotopic (exact) mass is 374 g/mol. The Morgan fingerprint density at radius 3 is 2.21 bits per heavy atom. The average Bonchev–Trinajstić information content (AvgIpc) is 2.74. The van der Waals surface area contributed by atoms with E-state index < -0.39 is 0 Å². The van der Waals surface area contributed by atoms with Gasteiger partial charge in [-0.3, -0.25) is 9.59 Å². The summed E-state index contributed by atoms with van der Waals surface area (Å²) in [5.74, 6) is 0.223. The number of benzene rings is 2. The van der Waals surface area contributed by atoms with Gasteiger partial charge in [0.1, 0.15) is 5.70 Å². The van der Waals surface area contributed by atoms with Crippen molar-refractivity contribution in [3.8, 4) is 0 Å². The number of likely N-dealkylation sites (tertiary alicyclic amines) is 1. The second kappa shape index (κ2) is 9.70. The van der Waals surface area contributed by atoms with Gasteiger partial charge in [-0.15, -0.1) is 0 Å². The molecular weight excluding hydrogens is 348 g/mol. The second-order valence-corrected chi connectivity index (χ2v) is 7.15. The van der Waals surface area contributed by atoms with Crippen molar-refractivity contribution in [2.75, 3.05) is 13.1 Å². The number of nitrogens with zero attached hydrogens (tertiary/aromatic N) is 1. The van der Waals surface area contributed by atoms with Gasteiger partial charge in [0.2, 0.25) is 0 Å². The number of nitrogens with one attached hydrogen (secondary N) is 1. The second-order valence-electron chi connectivity index (χ2n) is 7.15. The summed E-state index contributed by atoms with van der Waals surface area (Å²) >= 11 is 0. The third-order valence-electron chi connectivity index (χ3n) is 4.94. The van der Waals surface area contributed by atoms with Crippen LogP contribution in [0, 0.1) is 5.92 Å². The molecular formula is C24H26N2O2. The van der Waals surface area contributed by atoms with Gasteiger partial charge in [-0.1, -0.05) is 67.6 Å². The van der Waals surface area contributed by atoms with Crippen LogP contribution in [0.2, 0.25) is 0 Å². The van der Waals surface area contributed by atoms with E-state index in [9.17, 15) is 9.59 Å². The molecule has 0 radical (unpaired) electrons. The van der Waals surface area contributed by atoms with Gasteiger partial charge in [0.15, 0.2) is 0 Å². The van der Waals surface area contributed by atoms with Crippen molar-refractivity contribution in [3.05, 3.63) is 89.6 Å². The van der Waals surface area contributed by atoms with Crippen LogP contribution >= 0.6 is 0 Å². The summed E-state index contributed by atoms with van der Waals surface area (Å²) in [6.07, 6.45) is 7.39. The molecule has 2 aromatic rings. The lowest BCUT2D eigenvalue weighted by Crippen LogP contribution is -2.42. The van der Waals surface area contributed by atoms with Gasteiger partial charge < -0.3 is 10.2 Å². The van der Waals surface area contributed by atoms with Crippen molar-refractivity contribution in [2.45, 2.75) is 19.8 Å². The van der Waals surface area contributed by atoms with Gasteiger partial charge in [0, 0.05) is 18.7 Å². The first kappa shape index (κ1) is 19.6. The van der Waals surface area contributed by atoms with E-state index in [4.69, 9.17) is 0 Å². The van der Waals surface area contributed by atoms with E-state index >= 15 is 0 Å². The van der Waals surface area contributed by atoms with E-state index in [1.54, 1.807) is 36.4 Å². The fourth-order valence-corrected chi connectivity index (χ4v) is 3.15. The molecule has 0 spiro atoms. The van der Waals surface area contributed by atoms with E-state index in [1.807, 2.05) is 47.4 Å². The highest BCUT2D eigenvalue weighted by Gasteiger charge is 2.24. The van der Waals surface area contributed by atoms with Crippen LogP contribution in [0.5, 0.6) is 0 Å². The van der Waals surface area contributed by atoms with Crippen LogP contribution in [0.1, 0.15) is 35.7 Å². The summed E-state index contributed by atoms with van der Waals surface area (Å²) < 4.78 is 0. The lowest BCUT2D eigenvalue weighted by molar-refractivity contribution is -0.128. The molecule has 144 valence electrons. The van der Waals surface area contributed by atoms with Crippen LogP contribution in [0.25, 0.3) is 6.08 Å². The number of allylic oxidation sites excluding steroid dienone is 2. The molecule has 4 heteroatoms. The Labute approximate surface area is 166 Å². The highest BCUT2D eigenvalue weighted by molar-refractivity contribution is 6.03. The smallest absolute Gasteiger partial charge is 0.270 e. The molecule has 2 amide bonds. The highest BCUT2D eigenvalue weighted by Crippen LogP contribution is 2.17. The quantitative estimate of drug-likeness (QED) is 0.628. The van der Waals surface area contributed by atoms with E-state index in [0.717, 1.165) is 31.5 Å². The minimum atomic E-state index is -0.279. The van der Waals surface area contributed by atoms with Crippen molar-refractivity contribution in [1.82, 2.24) is 10.2 Å². The summed E-state index contributed by atoms with van der Waals surface area (Å²) in [6, 6.07) is 18.8. The summed E-state index contributed by atoms with van der Waals surface area (Å²) in [4.78, 5) is 27.4. The van der Waals surface area contributed by atoms with Gasteiger partial charge >= 0.3 is 0 Å². The number of carbonyl (C=O) groups excluding carboxylic acids is 2. The molecule has 0 bridgehead atoms. The van der Waals surface area contributed by atoms with Gasteiger partial charge in [-0.2, -0.15) is 0 Å². The van der Waals surface area contributed by atoms with Crippen LogP contribution in [0.15, 0.2) is 78.5 Å². The molecule has 1 fully saturated rings. The zero-order chi connectivity index (χ0) is 19.8. The number of hydrogen-bond acceptors (Lipinski definition) is 2. The number of rotatable bonds is 5. The Kier molecular flexibility index (Phi) is 6.79. The molecule has 0 aliphatic carbocycles. The van der Waals surface area contributed by atoms with Crippen LogP contribution in [0.3, 0.4) is 0 Å². The predicted molar refractivity (Wildman–Crippen MR) is 112 cm³/mol. The van der Waals surface area contributed by atoms with Crippen molar-refractivity contribution in [3.63, 3.8) is 0 Å². The van der Waals surface area contributed by atoms with Gasteiger partial charge in [0.25, 0.3) is 11.8 Å². The molecule has 1 N–H and O–H groups in total. The molecule has 0 atom stereocenters. The SMILES string of the molecule is CC1CCN(C(=O)/C(=C/C=C/c2ccccc2)NC(=O)c2ccccc2)CC1.